The molecule has 0 amide bonds. The van der Waals surface area contributed by atoms with E-state index in [0.717, 1.165) is 5.56 Å². The Kier molecular flexibility index (Phi) is 4.07. The first kappa shape index (κ1) is 12.7. The number of nitrogens with zero attached hydrogens (tertiary/aromatic N) is 1. The second-order valence-electron chi connectivity index (χ2n) is 3.59. The van der Waals surface area contributed by atoms with Gasteiger partial charge in [-0.1, -0.05) is 16.8 Å². The number of aromatic nitrogens is 1. The molecule has 0 saturated carbocycles. The quantitative estimate of drug-likeness (QED) is 0.903. The van der Waals surface area contributed by atoms with Gasteiger partial charge in [-0.2, -0.15) is 0 Å². The summed E-state index contributed by atoms with van der Waals surface area (Å²) in [7, 11) is 1.51. The van der Waals surface area contributed by atoms with E-state index in [-0.39, 0.29) is 13.2 Å². The van der Waals surface area contributed by atoms with Crippen LogP contribution in [0.15, 0.2) is 29.1 Å². The summed E-state index contributed by atoms with van der Waals surface area (Å²) in [5.41, 5.74) is 1.45. The van der Waals surface area contributed by atoms with Gasteiger partial charge in [-0.25, -0.2) is 0 Å². The second kappa shape index (κ2) is 5.75. The fourth-order valence-electron chi connectivity index (χ4n) is 1.46. The molecule has 5 nitrogen and oxygen atoms in total. The van der Waals surface area contributed by atoms with Gasteiger partial charge in [-0.3, -0.25) is 0 Å². The maximum atomic E-state index is 9.08. The molecule has 0 bridgehead atoms. The van der Waals surface area contributed by atoms with Gasteiger partial charge in [-0.15, -0.1) is 0 Å². The highest BCUT2D eigenvalue weighted by Gasteiger charge is 2.12. The third kappa shape index (κ3) is 2.75. The first-order valence-corrected chi connectivity index (χ1v) is 5.60. The van der Waals surface area contributed by atoms with Crippen LogP contribution in [0.1, 0.15) is 11.1 Å². The SMILES string of the molecule is COc1cc(CO)cc(Cl)c1OCc1cnoc1. The molecule has 0 spiro atoms. The van der Waals surface area contributed by atoms with Crippen LogP contribution in [0.4, 0.5) is 0 Å². The van der Waals surface area contributed by atoms with Gasteiger partial charge in [0.1, 0.15) is 12.9 Å². The van der Waals surface area contributed by atoms with Gasteiger partial charge < -0.3 is 19.1 Å². The molecule has 1 N–H and O–H groups in total. The molecule has 1 aromatic carbocycles. The Morgan fingerprint density at radius 3 is 2.83 bits per heavy atom. The van der Waals surface area contributed by atoms with E-state index in [1.807, 2.05) is 0 Å². The monoisotopic (exact) mass is 269 g/mol. The molecule has 18 heavy (non-hydrogen) atoms. The number of aliphatic hydroxyl groups is 1. The highest BCUT2D eigenvalue weighted by molar-refractivity contribution is 6.32. The number of halogens is 1. The molecule has 0 radical (unpaired) electrons. The first-order valence-electron chi connectivity index (χ1n) is 5.23. The molecule has 0 unspecified atom stereocenters. The Hall–Kier alpha value is -1.72. The third-order valence-electron chi connectivity index (χ3n) is 2.34. The number of hydrogen-bond donors (Lipinski definition) is 1. The predicted molar refractivity (Wildman–Crippen MR) is 64.8 cm³/mol. The molecule has 6 heteroatoms. The van der Waals surface area contributed by atoms with Crippen LogP contribution in [0.2, 0.25) is 5.02 Å². The van der Waals surface area contributed by atoms with Crippen LogP contribution < -0.4 is 9.47 Å². The van der Waals surface area contributed by atoms with Crippen molar-refractivity contribution in [3.8, 4) is 11.5 Å². The van der Waals surface area contributed by atoms with Gasteiger partial charge in [0, 0.05) is 5.56 Å². The molecule has 1 aromatic heterocycles. The number of benzene rings is 1. The lowest BCUT2D eigenvalue weighted by atomic mass is 10.2. The number of methoxy groups -OCH3 is 1. The van der Waals surface area contributed by atoms with Crippen molar-refractivity contribution in [2.24, 2.45) is 0 Å². The van der Waals surface area contributed by atoms with Crippen molar-refractivity contribution >= 4 is 11.6 Å². The van der Waals surface area contributed by atoms with Gasteiger partial charge in [-0.05, 0) is 17.7 Å². The van der Waals surface area contributed by atoms with E-state index < -0.39 is 0 Å². The minimum absolute atomic E-state index is 0.109. The molecule has 0 aliphatic rings. The second-order valence-corrected chi connectivity index (χ2v) is 4.00. The summed E-state index contributed by atoms with van der Waals surface area (Å²) in [6.45, 7) is 0.167. The zero-order valence-corrected chi connectivity index (χ0v) is 10.5. The van der Waals surface area contributed by atoms with Crippen molar-refractivity contribution in [1.29, 1.82) is 0 Å². The lowest BCUT2D eigenvalue weighted by Crippen LogP contribution is -1.98. The summed E-state index contributed by atoms with van der Waals surface area (Å²) < 4.78 is 15.4. The predicted octanol–water partition coefficient (Wildman–Crippen LogP) is 2.41. The van der Waals surface area contributed by atoms with E-state index in [1.165, 1.54) is 13.4 Å². The molecule has 0 atom stereocenters. The van der Waals surface area contributed by atoms with Crippen molar-refractivity contribution in [3.05, 3.63) is 40.7 Å². The van der Waals surface area contributed by atoms with E-state index in [9.17, 15) is 0 Å². The Labute approximate surface area is 109 Å². The summed E-state index contributed by atoms with van der Waals surface area (Å²) in [5, 5.41) is 13.0. The topological polar surface area (TPSA) is 64.7 Å². The van der Waals surface area contributed by atoms with E-state index in [4.69, 9.17) is 30.7 Å². The van der Waals surface area contributed by atoms with Crippen LogP contribution in [-0.2, 0) is 13.2 Å². The van der Waals surface area contributed by atoms with Crippen LogP contribution in [0.25, 0.3) is 0 Å². The number of ether oxygens (including phenoxy) is 2. The molecule has 0 saturated heterocycles. The molecule has 2 rings (SSSR count). The normalized spacial score (nSPS) is 10.4. The van der Waals surface area contributed by atoms with Crippen molar-refractivity contribution in [2.45, 2.75) is 13.2 Å². The zero-order valence-electron chi connectivity index (χ0n) is 9.72. The van der Waals surface area contributed by atoms with E-state index in [2.05, 4.69) is 5.16 Å². The van der Waals surface area contributed by atoms with Crippen molar-refractivity contribution in [3.63, 3.8) is 0 Å². The van der Waals surface area contributed by atoms with E-state index in [1.54, 1.807) is 18.3 Å². The highest BCUT2D eigenvalue weighted by atomic mass is 35.5. The lowest BCUT2D eigenvalue weighted by Gasteiger charge is -2.12. The van der Waals surface area contributed by atoms with Crippen LogP contribution >= 0.6 is 11.6 Å². The van der Waals surface area contributed by atoms with Crippen LogP contribution in [0, 0.1) is 0 Å². The molecule has 0 aliphatic heterocycles. The van der Waals surface area contributed by atoms with Crippen LogP contribution in [-0.4, -0.2) is 17.4 Å². The zero-order chi connectivity index (χ0) is 13.0. The van der Waals surface area contributed by atoms with Crippen LogP contribution in [0.5, 0.6) is 11.5 Å². The summed E-state index contributed by atoms with van der Waals surface area (Å²) >= 11 is 6.08. The van der Waals surface area contributed by atoms with E-state index in [0.29, 0.717) is 22.1 Å². The molecule has 2 aromatic rings. The fraction of sp³-hybridized carbons (Fsp3) is 0.250. The Bertz CT molecular complexity index is 513. The lowest BCUT2D eigenvalue weighted by molar-refractivity contribution is 0.274. The fourth-order valence-corrected chi connectivity index (χ4v) is 1.75. The van der Waals surface area contributed by atoms with Gasteiger partial charge in [0.25, 0.3) is 0 Å². The number of aliphatic hydroxyl groups excluding tert-OH is 1. The van der Waals surface area contributed by atoms with Gasteiger partial charge in [0.05, 0.1) is 24.9 Å². The highest BCUT2D eigenvalue weighted by Crippen LogP contribution is 2.36. The van der Waals surface area contributed by atoms with Crippen molar-refractivity contribution in [1.82, 2.24) is 5.16 Å². The van der Waals surface area contributed by atoms with Gasteiger partial charge in [0.15, 0.2) is 11.5 Å². The molecule has 1 heterocycles. The minimum atomic E-state index is -0.109. The van der Waals surface area contributed by atoms with Gasteiger partial charge >= 0.3 is 0 Å². The summed E-state index contributed by atoms with van der Waals surface area (Å²) in [6.07, 6.45) is 3.05. The molecular formula is C12H12ClNO4. The Balaban J connectivity index is 2.20. The molecular weight excluding hydrogens is 258 g/mol. The summed E-state index contributed by atoms with van der Waals surface area (Å²) in [6, 6.07) is 3.31. The largest absolute Gasteiger partial charge is 0.493 e. The van der Waals surface area contributed by atoms with Crippen molar-refractivity contribution in [2.75, 3.05) is 7.11 Å². The maximum Gasteiger partial charge on any atom is 0.180 e. The molecule has 0 fully saturated rings. The third-order valence-corrected chi connectivity index (χ3v) is 2.62. The number of rotatable bonds is 5. The number of hydrogen-bond acceptors (Lipinski definition) is 5. The minimum Gasteiger partial charge on any atom is -0.493 e. The average molecular weight is 270 g/mol. The van der Waals surface area contributed by atoms with Crippen LogP contribution in [0.3, 0.4) is 0 Å². The summed E-state index contributed by atoms with van der Waals surface area (Å²) in [4.78, 5) is 0. The Morgan fingerprint density at radius 1 is 1.39 bits per heavy atom. The Morgan fingerprint density at radius 2 is 2.22 bits per heavy atom. The summed E-state index contributed by atoms with van der Waals surface area (Å²) in [5.74, 6) is 0.903. The van der Waals surface area contributed by atoms with Crippen molar-refractivity contribution < 1.29 is 19.1 Å². The smallest absolute Gasteiger partial charge is 0.180 e. The average Bonchev–Trinajstić information content (AvgIpc) is 2.89. The first-order chi connectivity index (χ1) is 8.74. The standard InChI is InChI=1S/C12H12ClNO4/c1-16-11-3-8(5-15)2-10(13)12(11)17-6-9-4-14-18-7-9/h2-4,7,15H,5-6H2,1H3. The maximum absolute atomic E-state index is 9.08. The molecule has 0 aliphatic carbocycles. The van der Waals surface area contributed by atoms with Gasteiger partial charge in [0.2, 0.25) is 0 Å². The molecule has 96 valence electrons. The van der Waals surface area contributed by atoms with E-state index >= 15 is 0 Å².